The molecule has 5 rings (SSSR count). The van der Waals surface area contributed by atoms with Gasteiger partial charge in [0.2, 0.25) is 0 Å². The van der Waals surface area contributed by atoms with Gasteiger partial charge in [0, 0.05) is 50.7 Å². The Balaban J connectivity index is 1.52. The van der Waals surface area contributed by atoms with E-state index in [0.717, 1.165) is 22.5 Å². The number of carbonyl (C=O) groups is 1. The molecule has 1 aromatic carbocycles. The molecule has 36 heavy (non-hydrogen) atoms. The van der Waals surface area contributed by atoms with Crippen LogP contribution in [0.4, 0.5) is 26.0 Å². The summed E-state index contributed by atoms with van der Waals surface area (Å²) < 4.78 is 15.3. The summed E-state index contributed by atoms with van der Waals surface area (Å²) in [6.45, 7) is 4.54. The molecule has 1 aliphatic heterocycles. The molecule has 184 valence electrons. The number of amides is 1. The van der Waals surface area contributed by atoms with Crippen molar-refractivity contribution in [2.45, 2.75) is 13.5 Å². The molecule has 4 aromatic rings. The normalized spacial score (nSPS) is 13.7. The van der Waals surface area contributed by atoms with Crippen LogP contribution in [-0.4, -0.2) is 69.1 Å². The van der Waals surface area contributed by atoms with Crippen LogP contribution in [0.2, 0.25) is 0 Å². The summed E-state index contributed by atoms with van der Waals surface area (Å²) in [6.07, 6.45) is 0.816. The first kappa shape index (κ1) is 23.5. The number of fused-ring (bicyclic) bond motifs is 1. The lowest BCUT2D eigenvalue weighted by molar-refractivity contribution is 0.142. The number of benzene rings is 1. The summed E-state index contributed by atoms with van der Waals surface area (Å²) in [6, 6.07) is 10.1. The third kappa shape index (κ3) is 4.18. The largest absolute Gasteiger partial charge is 0.465 e. The zero-order valence-electron chi connectivity index (χ0n) is 19.7. The van der Waals surface area contributed by atoms with Crippen molar-refractivity contribution >= 4 is 45.1 Å². The van der Waals surface area contributed by atoms with Gasteiger partial charge in [-0.05, 0) is 37.3 Å². The fourth-order valence-corrected chi connectivity index (χ4v) is 5.16. The Morgan fingerprint density at radius 1 is 1.25 bits per heavy atom. The van der Waals surface area contributed by atoms with E-state index in [-0.39, 0.29) is 5.82 Å². The molecule has 0 atom stereocenters. The predicted octanol–water partition coefficient (Wildman–Crippen LogP) is 4.15. The first-order valence-electron chi connectivity index (χ1n) is 11.4. The van der Waals surface area contributed by atoms with Crippen LogP contribution in [0.25, 0.3) is 22.2 Å². The maximum Gasteiger partial charge on any atom is 0.407 e. The van der Waals surface area contributed by atoms with Crippen LogP contribution in [0.3, 0.4) is 0 Å². The van der Waals surface area contributed by atoms with E-state index in [2.05, 4.69) is 16.0 Å². The van der Waals surface area contributed by atoms with Gasteiger partial charge in [0.1, 0.15) is 39.6 Å². The van der Waals surface area contributed by atoms with E-state index in [9.17, 15) is 19.6 Å². The molecule has 12 heteroatoms. The van der Waals surface area contributed by atoms with Gasteiger partial charge in [-0.15, -0.1) is 0 Å². The number of nitriles is 1. The zero-order chi connectivity index (χ0) is 25.4. The van der Waals surface area contributed by atoms with Crippen LogP contribution in [0.5, 0.6) is 0 Å². The first-order valence-corrected chi connectivity index (χ1v) is 12.2. The Morgan fingerprint density at radius 2 is 1.97 bits per heavy atom. The topological polar surface area (TPSA) is 114 Å². The molecule has 1 fully saturated rings. The molecule has 1 amide bonds. The number of thiazole rings is 1. The maximum atomic E-state index is 13.4. The number of aryl methyl sites for hydroxylation is 1. The molecule has 4 heterocycles. The number of nitrogens with zero attached hydrogens (tertiary/aromatic N) is 8. The summed E-state index contributed by atoms with van der Waals surface area (Å²) in [5, 5.41) is 25.1. The summed E-state index contributed by atoms with van der Waals surface area (Å²) in [5.74, 6) is 1.21. The SMILES string of the molecule is CCn1nc2cnc(N3CCN(C(=O)O)CC3)cc2c1N(C)c1nc(-c2ccc(F)cc2)c(C#N)s1. The number of anilines is 3. The summed E-state index contributed by atoms with van der Waals surface area (Å²) in [7, 11) is 1.88. The van der Waals surface area contributed by atoms with Crippen molar-refractivity contribution in [3.63, 3.8) is 0 Å². The Morgan fingerprint density at radius 3 is 2.61 bits per heavy atom. The lowest BCUT2D eigenvalue weighted by atomic mass is 10.1. The molecule has 0 unspecified atom stereocenters. The third-order valence-electron chi connectivity index (χ3n) is 6.20. The van der Waals surface area contributed by atoms with E-state index in [1.54, 1.807) is 18.3 Å². The van der Waals surface area contributed by atoms with Crippen molar-refractivity contribution < 1.29 is 14.3 Å². The fourth-order valence-electron chi connectivity index (χ4n) is 4.31. The number of pyridine rings is 1. The standard InChI is InChI=1S/C24H23FN8O2S/c1-3-33-22(30(2)23-28-21(19(13-26)36-23)15-4-6-16(25)7-5-15)17-12-20(27-14-18(17)29-33)31-8-10-32(11-9-31)24(34)35/h4-7,12,14H,3,8-11H2,1-2H3,(H,34,35). The molecule has 10 nitrogen and oxygen atoms in total. The van der Waals surface area contributed by atoms with Gasteiger partial charge in [0.25, 0.3) is 0 Å². The smallest absolute Gasteiger partial charge is 0.407 e. The number of rotatable bonds is 5. The van der Waals surface area contributed by atoms with Crippen LogP contribution < -0.4 is 9.80 Å². The minimum Gasteiger partial charge on any atom is -0.465 e. The minimum absolute atomic E-state index is 0.350. The summed E-state index contributed by atoms with van der Waals surface area (Å²) in [4.78, 5) is 26.4. The van der Waals surface area contributed by atoms with Crippen molar-refractivity contribution in [1.82, 2.24) is 24.6 Å². The van der Waals surface area contributed by atoms with Crippen LogP contribution >= 0.6 is 11.3 Å². The average molecular weight is 507 g/mol. The molecule has 3 aromatic heterocycles. The third-order valence-corrected chi connectivity index (χ3v) is 7.23. The van der Waals surface area contributed by atoms with Crippen molar-refractivity contribution in [2.75, 3.05) is 43.0 Å². The summed E-state index contributed by atoms with van der Waals surface area (Å²) in [5.41, 5.74) is 1.90. The molecular weight excluding hydrogens is 483 g/mol. The van der Waals surface area contributed by atoms with E-state index in [4.69, 9.17) is 10.1 Å². The Bertz CT molecular complexity index is 1470. The number of piperazine rings is 1. The highest BCUT2D eigenvalue weighted by atomic mass is 32.1. The van der Waals surface area contributed by atoms with E-state index in [1.807, 2.05) is 29.6 Å². The van der Waals surface area contributed by atoms with E-state index in [0.29, 0.717) is 54.0 Å². The van der Waals surface area contributed by atoms with Crippen LogP contribution in [0.15, 0.2) is 36.5 Å². The van der Waals surface area contributed by atoms with Gasteiger partial charge in [0.05, 0.1) is 6.20 Å². The molecule has 0 aliphatic carbocycles. The quantitative estimate of drug-likeness (QED) is 0.429. The molecule has 1 aliphatic rings. The monoisotopic (exact) mass is 506 g/mol. The van der Waals surface area contributed by atoms with Crippen molar-refractivity contribution in [3.05, 3.63) is 47.2 Å². The Kier molecular flexibility index (Phi) is 6.15. The second-order valence-electron chi connectivity index (χ2n) is 8.31. The summed E-state index contributed by atoms with van der Waals surface area (Å²) >= 11 is 1.26. The molecule has 0 radical (unpaired) electrons. The van der Waals surface area contributed by atoms with E-state index in [1.165, 1.54) is 28.4 Å². The van der Waals surface area contributed by atoms with Gasteiger partial charge in [-0.25, -0.2) is 23.8 Å². The maximum absolute atomic E-state index is 13.4. The number of carboxylic acid groups (broad SMARTS) is 1. The highest BCUT2D eigenvalue weighted by Gasteiger charge is 2.25. The molecular formula is C24H23FN8O2S. The molecule has 1 N–H and O–H groups in total. The number of hydrogen-bond acceptors (Lipinski definition) is 8. The lowest BCUT2D eigenvalue weighted by Crippen LogP contribution is -2.48. The van der Waals surface area contributed by atoms with Gasteiger partial charge in [-0.3, -0.25) is 0 Å². The highest BCUT2D eigenvalue weighted by Crippen LogP contribution is 2.38. The molecule has 1 saturated heterocycles. The van der Waals surface area contributed by atoms with Gasteiger partial charge < -0.3 is 19.8 Å². The number of aromatic nitrogens is 4. The van der Waals surface area contributed by atoms with Crippen LogP contribution in [0.1, 0.15) is 11.8 Å². The second kappa shape index (κ2) is 9.43. The Hall–Kier alpha value is -4.24. The van der Waals surface area contributed by atoms with Crippen molar-refractivity contribution in [3.8, 4) is 17.3 Å². The van der Waals surface area contributed by atoms with Gasteiger partial charge >= 0.3 is 6.09 Å². The van der Waals surface area contributed by atoms with Crippen LogP contribution in [0, 0.1) is 17.1 Å². The van der Waals surface area contributed by atoms with Crippen molar-refractivity contribution in [2.24, 2.45) is 0 Å². The fraction of sp³-hybridized carbons (Fsp3) is 0.292. The highest BCUT2D eigenvalue weighted by molar-refractivity contribution is 7.16. The molecule has 0 saturated carbocycles. The number of hydrogen-bond donors (Lipinski definition) is 1. The van der Waals surface area contributed by atoms with Crippen molar-refractivity contribution in [1.29, 1.82) is 5.26 Å². The van der Waals surface area contributed by atoms with Gasteiger partial charge in [-0.2, -0.15) is 10.4 Å². The van der Waals surface area contributed by atoms with Gasteiger partial charge in [-0.1, -0.05) is 11.3 Å². The van der Waals surface area contributed by atoms with E-state index < -0.39 is 6.09 Å². The zero-order valence-corrected chi connectivity index (χ0v) is 20.5. The minimum atomic E-state index is -0.911. The first-order chi connectivity index (χ1) is 17.4. The Labute approximate surface area is 210 Å². The predicted molar refractivity (Wildman–Crippen MR) is 135 cm³/mol. The average Bonchev–Trinajstić information content (AvgIpc) is 3.50. The lowest BCUT2D eigenvalue weighted by Gasteiger charge is -2.33. The number of halogens is 1. The second-order valence-corrected chi connectivity index (χ2v) is 9.29. The molecule has 0 bridgehead atoms. The molecule has 0 spiro atoms. The van der Waals surface area contributed by atoms with Gasteiger partial charge in [0.15, 0.2) is 5.13 Å². The van der Waals surface area contributed by atoms with E-state index >= 15 is 0 Å². The van der Waals surface area contributed by atoms with Crippen LogP contribution in [-0.2, 0) is 6.54 Å².